The molecule has 0 aliphatic rings. The minimum Gasteiger partial charge on any atom is -0.496 e. The fraction of sp³-hybridized carbons (Fsp3) is 0.485. The topological polar surface area (TPSA) is 115 Å². The van der Waals surface area contributed by atoms with Crippen molar-refractivity contribution < 1.29 is 24.2 Å². The Morgan fingerprint density at radius 3 is 2.19 bits per heavy atom. The number of hydrogen-bond donors (Lipinski definition) is 3. The Kier molecular flexibility index (Phi) is 14.6. The molecule has 1 heterocycles. The second kappa shape index (κ2) is 17.9. The number of carbonyl (C=O) groups excluding carboxylic acids is 2. The SMILES string of the molecule is CC.CCC(C)Cn1nc(C(=O)NC(CCc2ccccc2)C(=O)NCC(O)CC)cc1-c1c(OC)cccc1OC. The standard InChI is InChI=1S/C31H42N4O5.C2H6/c1-6-21(3)20-35-26(29-27(39-4)14-11-15-28(29)40-5)18-25(34-35)31(38)33-24(30(37)32-19-23(36)7-2)17-16-22-12-9-8-10-13-22;1-2/h8-15,18,21,23-24,36H,6-7,16-17,19-20H2,1-5H3,(H,32,37)(H,33,38);1-2H3. The van der Waals surface area contributed by atoms with Gasteiger partial charge in [-0.25, -0.2) is 0 Å². The first-order valence-corrected chi connectivity index (χ1v) is 14.9. The molecule has 0 aliphatic heterocycles. The van der Waals surface area contributed by atoms with Crippen LogP contribution in [0.2, 0.25) is 0 Å². The van der Waals surface area contributed by atoms with Gasteiger partial charge >= 0.3 is 0 Å². The Morgan fingerprint density at radius 2 is 1.62 bits per heavy atom. The van der Waals surface area contributed by atoms with Crippen molar-refractivity contribution in [1.82, 2.24) is 20.4 Å². The van der Waals surface area contributed by atoms with E-state index in [1.54, 1.807) is 25.0 Å². The molecule has 2 aromatic carbocycles. The summed E-state index contributed by atoms with van der Waals surface area (Å²) in [4.78, 5) is 26.6. The molecule has 0 aliphatic carbocycles. The van der Waals surface area contributed by atoms with Crippen LogP contribution in [0.4, 0.5) is 0 Å². The van der Waals surface area contributed by atoms with Gasteiger partial charge in [-0.3, -0.25) is 14.3 Å². The van der Waals surface area contributed by atoms with Gasteiger partial charge in [0, 0.05) is 13.1 Å². The van der Waals surface area contributed by atoms with Crippen molar-refractivity contribution in [2.45, 2.75) is 79.0 Å². The maximum atomic E-state index is 13.5. The number of benzene rings is 2. The van der Waals surface area contributed by atoms with Crippen molar-refractivity contribution in [1.29, 1.82) is 0 Å². The van der Waals surface area contributed by atoms with E-state index in [4.69, 9.17) is 9.47 Å². The lowest BCUT2D eigenvalue weighted by atomic mass is 10.0. The summed E-state index contributed by atoms with van der Waals surface area (Å²) in [6, 6.07) is 16.2. The molecule has 1 aromatic heterocycles. The van der Waals surface area contributed by atoms with E-state index in [2.05, 4.69) is 29.6 Å². The zero-order chi connectivity index (χ0) is 31.1. The van der Waals surface area contributed by atoms with Crippen LogP contribution in [0, 0.1) is 5.92 Å². The van der Waals surface area contributed by atoms with Crippen LogP contribution in [-0.4, -0.2) is 59.6 Å². The molecule has 3 aromatic rings. The molecule has 0 fully saturated rings. The number of carbonyl (C=O) groups is 2. The van der Waals surface area contributed by atoms with Crippen LogP contribution in [0.25, 0.3) is 11.3 Å². The van der Waals surface area contributed by atoms with Crippen molar-refractivity contribution in [3.63, 3.8) is 0 Å². The molecule has 2 amide bonds. The molecule has 3 rings (SSSR count). The lowest BCUT2D eigenvalue weighted by Gasteiger charge is -2.19. The minimum absolute atomic E-state index is 0.119. The predicted octanol–water partition coefficient (Wildman–Crippen LogP) is 5.26. The highest BCUT2D eigenvalue weighted by atomic mass is 16.5. The third kappa shape index (κ3) is 9.62. The van der Waals surface area contributed by atoms with Gasteiger partial charge in [0.15, 0.2) is 5.69 Å². The second-order valence-corrected chi connectivity index (χ2v) is 10.0. The molecular formula is C33H48N4O5. The molecule has 9 nitrogen and oxygen atoms in total. The number of nitrogens with one attached hydrogen (secondary N) is 2. The van der Waals surface area contributed by atoms with E-state index in [1.807, 2.05) is 69.3 Å². The Balaban J connectivity index is 0.00000301. The number of aromatic nitrogens is 2. The average Bonchev–Trinajstić information content (AvgIpc) is 3.45. The van der Waals surface area contributed by atoms with Gasteiger partial charge in [-0.15, -0.1) is 0 Å². The number of aliphatic hydroxyl groups excluding tert-OH is 1. The van der Waals surface area contributed by atoms with Crippen LogP contribution in [0.1, 0.15) is 69.9 Å². The van der Waals surface area contributed by atoms with Gasteiger partial charge in [-0.05, 0) is 48.9 Å². The number of methoxy groups -OCH3 is 2. The second-order valence-electron chi connectivity index (χ2n) is 10.0. The summed E-state index contributed by atoms with van der Waals surface area (Å²) in [5.41, 5.74) is 2.65. The predicted molar refractivity (Wildman–Crippen MR) is 167 cm³/mol. The van der Waals surface area contributed by atoms with E-state index >= 15 is 0 Å². The van der Waals surface area contributed by atoms with Crippen LogP contribution < -0.4 is 20.1 Å². The van der Waals surface area contributed by atoms with Crippen molar-refractivity contribution in [2.24, 2.45) is 5.92 Å². The van der Waals surface area contributed by atoms with E-state index < -0.39 is 18.1 Å². The van der Waals surface area contributed by atoms with Gasteiger partial charge in [0.25, 0.3) is 5.91 Å². The molecule has 230 valence electrons. The molecule has 42 heavy (non-hydrogen) atoms. The van der Waals surface area contributed by atoms with Crippen LogP contribution in [0.3, 0.4) is 0 Å². The number of ether oxygens (including phenoxy) is 2. The summed E-state index contributed by atoms with van der Waals surface area (Å²) in [5, 5.41) is 20.3. The van der Waals surface area contributed by atoms with Gasteiger partial charge in [0.2, 0.25) is 5.91 Å². The summed E-state index contributed by atoms with van der Waals surface area (Å²) >= 11 is 0. The Morgan fingerprint density at radius 1 is 0.976 bits per heavy atom. The first-order valence-electron chi connectivity index (χ1n) is 14.9. The van der Waals surface area contributed by atoms with Gasteiger partial charge < -0.3 is 25.2 Å². The van der Waals surface area contributed by atoms with Crippen molar-refractivity contribution in [2.75, 3.05) is 20.8 Å². The molecule has 0 saturated carbocycles. The van der Waals surface area contributed by atoms with Crippen LogP contribution in [0.15, 0.2) is 54.6 Å². The Bertz CT molecular complexity index is 1220. The van der Waals surface area contributed by atoms with Crippen molar-refractivity contribution in [3.05, 3.63) is 65.9 Å². The third-order valence-electron chi connectivity index (χ3n) is 7.05. The molecular weight excluding hydrogens is 532 g/mol. The van der Waals surface area contributed by atoms with Crippen LogP contribution in [-0.2, 0) is 17.8 Å². The molecule has 0 radical (unpaired) electrons. The minimum atomic E-state index is -0.805. The molecule has 0 saturated heterocycles. The third-order valence-corrected chi connectivity index (χ3v) is 7.05. The molecule has 9 heteroatoms. The molecule has 3 unspecified atom stereocenters. The maximum absolute atomic E-state index is 13.5. The number of hydrogen-bond acceptors (Lipinski definition) is 6. The van der Waals surface area contributed by atoms with E-state index in [9.17, 15) is 14.7 Å². The number of amides is 2. The van der Waals surface area contributed by atoms with Crippen molar-refractivity contribution in [3.8, 4) is 22.8 Å². The summed E-state index contributed by atoms with van der Waals surface area (Å²) in [5.74, 6) is 0.715. The smallest absolute Gasteiger partial charge is 0.272 e. The molecule has 0 spiro atoms. The Hall–Kier alpha value is -3.85. The lowest BCUT2D eigenvalue weighted by molar-refractivity contribution is -0.123. The largest absolute Gasteiger partial charge is 0.496 e. The highest BCUT2D eigenvalue weighted by Crippen LogP contribution is 2.39. The van der Waals surface area contributed by atoms with E-state index in [-0.39, 0.29) is 18.1 Å². The van der Waals surface area contributed by atoms with Gasteiger partial charge in [0.1, 0.15) is 17.5 Å². The number of nitrogens with zero attached hydrogens (tertiary/aromatic N) is 2. The Labute approximate surface area is 250 Å². The molecule has 0 bridgehead atoms. The van der Waals surface area contributed by atoms with E-state index in [0.717, 1.165) is 12.0 Å². The summed E-state index contributed by atoms with van der Waals surface area (Å²) in [6.07, 6.45) is 1.80. The van der Waals surface area contributed by atoms with E-state index in [0.29, 0.717) is 54.5 Å². The van der Waals surface area contributed by atoms with Crippen LogP contribution >= 0.6 is 0 Å². The molecule has 3 N–H and O–H groups in total. The number of rotatable bonds is 15. The van der Waals surface area contributed by atoms with Gasteiger partial charge in [-0.1, -0.05) is 77.4 Å². The van der Waals surface area contributed by atoms with E-state index in [1.165, 1.54) is 0 Å². The van der Waals surface area contributed by atoms with Crippen molar-refractivity contribution >= 4 is 11.8 Å². The fourth-order valence-electron chi connectivity index (χ4n) is 4.34. The van der Waals surface area contributed by atoms with Gasteiger partial charge in [-0.2, -0.15) is 5.10 Å². The quantitative estimate of drug-likeness (QED) is 0.226. The summed E-state index contributed by atoms with van der Waals surface area (Å²) in [7, 11) is 3.18. The molecule has 3 atom stereocenters. The normalized spacial score (nSPS) is 12.8. The summed E-state index contributed by atoms with van der Waals surface area (Å²) in [6.45, 7) is 10.8. The first kappa shape index (κ1) is 34.4. The lowest BCUT2D eigenvalue weighted by Crippen LogP contribution is -2.48. The van der Waals surface area contributed by atoms with Gasteiger partial charge in [0.05, 0.1) is 31.6 Å². The monoisotopic (exact) mass is 580 g/mol. The highest BCUT2D eigenvalue weighted by Gasteiger charge is 2.26. The maximum Gasteiger partial charge on any atom is 0.272 e. The first-order chi connectivity index (χ1) is 20.3. The zero-order valence-electron chi connectivity index (χ0n) is 26.1. The highest BCUT2D eigenvalue weighted by molar-refractivity contribution is 5.97. The number of aryl methyl sites for hydroxylation is 1. The fourth-order valence-corrected chi connectivity index (χ4v) is 4.34. The zero-order valence-corrected chi connectivity index (χ0v) is 26.1. The summed E-state index contributed by atoms with van der Waals surface area (Å²) < 4.78 is 13.1. The number of aliphatic hydroxyl groups is 1. The van der Waals surface area contributed by atoms with Crippen LogP contribution in [0.5, 0.6) is 11.5 Å². The average molecular weight is 581 g/mol.